The Morgan fingerprint density at radius 1 is 1.06 bits per heavy atom. The normalized spacial score (nSPS) is 22.1. The number of anilines is 1. The van der Waals surface area contributed by atoms with E-state index in [-0.39, 0.29) is 23.9 Å². The Kier molecular flexibility index (Phi) is 12.3. The molecular weight excluding hydrogens is 605 g/mol. The number of likely N-dealkylation sites (N-methyl/N-ethyl adjacent to an activating group) is 1. The summed E-state index contributed by atoms with van der Waals surface area (Å²) < 4.78 is 17.2. The van der Waals surface area contributed by atoms with Crippen LogP contribution in [0.5, 0.6) is 0 Å². The number of aldehydes is 1. The van der Waals surface area contributed by atoms with Crippen LogP contribution in [-0.2, 0) is 25.7 Å². The van der Waals surface area contributed by atoms with Crippen LogP contribution in [0.15, 0.2) is 30.5 Å². The summed E-state index contributed by atoms with van der Waals surface area (Å²) in [6.07, 6.45) is 5.77. The van der Waals surface area contributed by atoms with Crippen molar-refractivity contribution < 1.29 is 28.4 Å². The summed E-state index contributed by atoms with van der Waals surface area (Å²) in [5.41, 5.74) is 0.716. The number of halogens is 1. The van der Waals surface area contributed by atoms with Crippen LogP contribution in [0.25, 0.3) is 0 Å². The van der Waals surface area contributed by atoms with E-state index in [0.717, 1.165) is 32.0 Å². The zero-order valence-corrected chi connectivity index (χ0v) is 28.0. The van der Waals surface area contributed by atoms with E-state index in [1.165, 1.54) is 23.2 Å². The van der Waals surface area contributed by atoms with Gasteiger partial charge in [0, 0.05) is 44.7 Å². The number of hydrogen-bond donors (Lipinski definition) is 3. The molecule has 0 bridgehead atoms. The summed E-state index contributed by atoms with van der Waals surface area (Å²) in [6, 6.07) is 3.31. The third-order valence-corrected chi connectivity index (χ3v) is 9.59. The minimum atomic E-state index is -1.03. The van der Waals surface area contributed by atoms with Crippen molar-refractivity contribution >= 4 is 35.6 Å². The van der Waals surface area contributed by atoms with Crippen molar-refractivity contribution in [1.29, 1.82) is 0 Å². The standard InChI is InChI=1S/C34H48FN7O5/c1-6-29(44)38-30(34(47)41-17-16-40(5)19-25(41)20-43)22(4)24-12-13-27(26(35)18-24)37-33(46)31(23-10-8-21(3)9-11-23)39-32(45)28-14-15-36-42(28)7-2/h12-15,18,20-23,25,30-31H,6-11,16-17,19H2,1-5H3,(H,37,46)(H,38,44)(H,39,45)/t21?,22?,23?,25?,30-,31+/m1/s1. The van der Waals surface area contributed by atoms with Crippen LogP contribution in [-0.4, -0.2) is 94.3 Å². The average molecular weight is 654 g/mol. The lowest BCUT2D eigenvalue weighted by Crippen LogP contribution is -2.60. The number of nitrogens with zero attached hydrogens (tertiary/aromatic N) is 4. The van der Waals surface area contributed by atoms with Crippen molar-refractivity contribution in [2.45, 2.75) is 90.4 Å². The van der Waals surface area contributed by atoms with Crippen molar-refractivity contribution in [3.63, 3.8) is 0 Å². The van der Waals surface area contributed by atoms with Gasteiger partial charge >= 0.3 is 0 Å². The molecule has 4 rings (SSSR count). The second-order valence-corrected chi connectivity index (χ2v) is 12.9. The quantitative estimate of drug-likeness (QED) is 0.299. The molecule has 1 aromatic carbocycles. The van der Waals surface area contributed by atoms with E-state index >= 15 is 4.39 Å². The van der Waals surface area contributed by atoms with Gasteiger partial charge in [-0.2, -0.15) is 5.10 Å². The number of benzene rings is 1. The summed E-state index contributed by atoms with van der Waals surface area (Å²) in [5.74, 6) is -2.65. The highest BCUT2D eigenvalue weighted by atomic mass is 19.1. The maximum absolute atomic E-state index is 15.7. The molecule has 2 aromatic rings. The molecule has 3 N–H and O–H groups in total. The largest absolute Gasteiger partial charge is 0.344 e. The molecule has 1 saturated heterocycles. The van der Waals surface area contributed by atoms with Gasteiger partial charge in [-0.1, -0.05) is 39.7 Å². The van der Waals surface area contributed by atoms with E-state index in [1.54, 1.807) is 30.7 Å². The van der Waals surface area contributed by atoms with Crippen LogP contribution >= 0.6 is 0 Å². The second kappa shape index (κ2) is 16.1. The molecule has 2 fully saturated rings. The third-order valence-electron chi connectivity index (χ3n) is 9.59. The van der Waals surface area contributed by atoms with Gasteiger partial charge in [0.25, 0.3) is 5.91 Å². The highest BCUT2D eigenvalue weighted by Gasteiger charge is 2.37. The van der Waals surface area contributed by atoms with E-state index in [1.807, 2.05) is 18.9 Å². The fraction of sp³-hybridized carbons (Fsp3) is 0.588. The predicted molar refractivity (Wildman–Crippen MR) is 175 cm³/mol. The first-order valence-electron chi connectivity index (χ1n) is 16.6. The van der Waals surface area contributed by atoms with Crippen LogP contribution in [0.1, 0.15) is 81.8 Å². The average Bonchev–Trinajstić information content (AvgIpc) is 3.56. The van der Waals surface area contributed by atoms with E-state index in [4.69, 9.17) is 0 Å². The van der Waals surface area contributed by atoms with Crippen molar-refractivity contribution in [3.05, 3.63) is 47.5 Å². The van der Waals surface area contributed by atoms with E-state index in [9.17, 15) is 24.0 Å². The van der Waals surface area contributed by atoms with Gasteiger partial charge < -0.3 is 30.5 Å². The maximum atomic E-state index is 15.7. The number of aromatic nitrogens is 2. The lowest BCUT2D eigenvalue weighted by atomic mass is 9.79. The summed E-state index contributed by atoms with van der Waals surface area (Å²) in [7, 11) is 1.87. The minimum Gasteiger partial charge on any atom is -0.344 e. The topological polar surface area (TPSA) is 146 Å². The molecule has 47 heavy (non-hydrogen) atoms. The molecule has 12 nitrogen and oxygen atoms in total. The zero-order chi connectivity index (χ0) is 34.2. The van der Waals surface area contributed by atoms with Gasteiger partial charge in [0.1, 0.15) is 35.9 Å². The molecule has 0 radical (unpaired) electrons. The number of carbonyl (C=O) groups excluding carboxylic acids is 5. The van der Waals surface area contributed by atoms with Gasteiger partial charge in [-0.25, -0.2) is 4.39 Å². The molecule has 256 valence electrons. The Balaban J connectivity index is 1.54. The molecule has 4 atom stereocenters. The van der Waals surface area contributed by atoms with Crippen molar-refractivity contribution in [2.75, 3.05) is 32.0 Å². The Morgan fingerprint density at radius 3 is 2.43 bits per heavy atom. The number of carbonyl (C=O) groups is 5. The fourth-order valence-corrected chi connectivity index (χ4v) is 6.53. The molecule has 1 aliphatic carbocycles. The third kappa shape index (κ3) is 8.62. The highest BCUT2D eigenvalue weighted by molar-refractivity contribution is 6.00. The first-order valence-corrected chi connectivity index (χ1v) is 16.6. The highest BCUT2D eigenvalue weighted by Crippen LogP contribution is 2.32. The lowest BCUT2D eigenvalue weighted by molar-refractivity contribution is -0.143. The zero-order valence-electron chi connectivity index (χ0n) is 28.0. The fourth-order valence-electron chi connectivity index (χ4n) is 6.53. The second-order valence-electron chi connectivity index (χ2n) is 12.9. The van der Waals surface area contributed by atoms with Crippen molar-refractivity contribution in [3.8, 4) is 0 Å². The van der Waals surface area contributed by atoms with Crippen LogP contribution < -0.4 is 16.0 Å². The number of nitrogens with one attached hydrogen (secondary N) is 3. The monoisotopic (exact) mass is 653 g/mol. The lowest BCUT2D eigenvalue weighted by Gasteiger charge is -2.40. The molecule has 13 heteroatoms. The molecule has 2 heterocycles. The van der Waals surface area contributed by atoms with Crippen LogP contribution in [0.4, 0.5) is 10.1 Å². The molecule has 1 aromatic heterocycles. The molecule has 2 unspecified atom stereocenters. The molecule has 0 spiro atoms. The van der Waals surface area contributed by atoms with E-state index in [2.05, 4.69) is 28.0 Å². The van der Waals surface area contributed by atoms with Gasteiger partial charge in [-0.05, 0) is 62.4 Å². The van der Waals surface area contributed by atoms with Crippen LogP contribution in [0.3, 0.4) is 0 Å². The van der Waals surface area contributed by atoms with Gasteiger partial charge in [0.2, 0.25) is 17.7 Å². The molecule has 1 aliphatic heterocycles. The summed E-state index contributed by atoms with van der Waals surface area (Å²) in [5, 5.41) is 12.5. The molecule has 4 amide bonds. The molecular formula is C34H48FN7O5. The molecule has 2 aliphatic rings. The minimum absolute atomic E-state index is 0.0615. The van der Waals surface area contributed by atoms with Gasteiger partial charge in [-0.15, -0.1) is 0 Å². The predicted octanol–water partition coefficient (Wildman–Crippen LogP) is 2.95. The Hall–Kier alpha value is -4.13. The first kappa shape index (κ1) is 35.7. The van der Waals surface area contributed by atoms with Crippen molar-refractivity contribution in [2.24, 2.45) is 11.8 Å². The SMILES string of the molecule is CCC(=O)N[C@@H](C(=O)N1CCN(C)CC1C=O)C(C)c1ccc(NC(=O)[C@@H](NC(=O)c2ccnn2CC)C2CCC(C)CC2)c(F)c1. The molecule has 1 saturated carbocycles. The number of piperazine rings is 1. The van der Waals surface area contributed by atoms with E-state index in [0.29, 0.717) is 43.4 Å². The summed E-state index contributed by atoms with van der Waals surface area (Å²) >= 11 is 0. The van der Waals surface area contributed by atoms with E-state index < -0.39 is 47.6 Å². The van der Waals surface area contributed by atoms with Crippen LogP contribution in [0, 0.1) is 17.7 Å². The van der Waals surface area contributed by atoms with Gasteiger partial charge in [-0.3, -0.25) is 23.9 Å². The smallest absolute Gasteiger partial charge is 0.270 e. The number of rotatable bonds is 12. The Labute approximate surface area is 275 Å². The number of amides is 4. The van der Waals surface area contributed by atoms with Gasteiger partial charge in [0.15, 0.2) is 0 Å². The maximum Gasteiger partial charge on any atom is 0.270 e. The number of hydrogen-bond acceptors (Lipinski definition) is 7. The van der Waals surface area contributed by atoms with Gasteiger partial charge in [0.05, 0.1) is 5.69 Å². The summed E-state index contributed by atoms with van der Waals surface area (Å²) in [4.78, 5) is 68.4. The summed E-state index contributed by atoms with van der Waals surface area (Å²) in [6.45, 7) is 9.19. The first-order chi connectivity index (χ1) is 22.5. The Morgan fingerprint density at radius 2 is 1.79 bits per heavy atom. The van der Waals surface area contributed by atoms with Crippen molar-refractivity contribution in [1.82, 2.24) is 30.2 Å². The van der Waals surface area contributed by atoms with Crippen LogP contribution in [0.2, 0.25) is 0 Å². The number of aryl methyl sites for hydroxylation is 1. The Bertz CT molecular complexity index is 1440.